The lowest BCUT2D eigenvalue weighted by Crippen LogP contribution is -2.03. The van der Waals surface area contributed by atoms with Gasteiger partial charge in [0.05, 0.1) is 5.69 Å². The van der Waals surface area contributed by atoms with Crippen LogP contribution in [0, 0.1) is 0 Å². The molecule has 2 N–H and O–H groups in total. The number of anilines is 1. The van der Waals surface area contributed by atoms with E-state index in [1.807, 2.05) is 11.6 Å². The molecule has 11 heavy (non-hydrogen) atoms. The van der Waals surface area contributed by atoms with E-state index < -0.39 is 0 Å². The normalized spacial score (nSPS) is 10.4. The second kappa shape index (κ2) is 3.37. The number of hydrogen-bond acceptors (Lipinski definition) is 3. The predicted octanol–water partition coefficient (Wildman–Crippen LogP) is 0.833. The molecule has 0 unspecified atom stereocenters. The molecule has 1 aromatic heterocycles. The third-order valence-electron chi connectivity index (χ3n) is 1.65. The average Bonchev–Trinajstić information content (AvgIpc) is 2.34. The fourth-order valence-electron chi connectivity index (χ4n) is 1.09. The topological polar surface area (TPSA) is 56.7 Å². The Hall–Kier alpha value is -1.06. The van der Waals surface area contributed by atoms with Gasteiger partial charge in [-0.25, -0.2) is 4.68 Å². The summed E-state index contributed by atoms with van der Waals surface area (Å²) in [6.45, 7) is 5.00. The first-order chi connectivity index (χ1) is 5.29. The highest BCUT2D eigenvalue weighted by molar-refractivity contribution is 5.32. The van der Waals surface area contributed by atoms with E-state index in [1.165, 1.54) is 0 Å². The summed E-state index contributed by atoms with van der Waals surface area (Å²) in [7, 11) is 0. The molecule has 4 nitrogen and oxygen atoms in total. The first kappa shape index (κ1) is 8.04. The van der Waals surface area contributed by atoms with E-state index in [2.05, 4.69) is 17.2 Å². The zero-order chi connectivity index (χ0) is 8.27. The van der Waals surface area contributed by atoms with Crippen LogP contribution in [0.25, 0.3) is 0 Å². The molecule has 0 bridgehead atoms. The number of nitrogen functional groups attached to an aromatic ring is 1. The highest BCUT2D eigenvalue weighted by Gasteiger charge is 2.06. The van der Waals surface area contributed by atoms with Crippen LogP contribution >= 0.6 is 0 Å². The van der Waals surface area contributed by atoms with Gasteiger partial charge in [-0.3, -0.25) is 0 Å². The Morgan fingerprint density at radius 3 is 2.73 bits per heavy atom. The van der Waals surface area contributed by atoms with Crippen molar-refractivity contribution < 1.29 is 0 Å². The van der Waals surface area contributed by atoms with Gasteiger partial charge in [-0.15, -0.1) is 5.10 Å². The number of aryl methyl sites for hydroxylation is 1. The van der Waals surface area contributed by atoms with Gasteiger partial charge in [0, 0.05) is 6.54 Å². The fraction of sp³-hybridized carbons (Fsp3) is 0.714. The van der Waals surface area contributed by atoms with Crippen molar-refractivity contribution >= 4 is 5.82 Å². The van der Waals surface area contributed by atoms with Gasteiger partial charge in [0.2, 0.25) is 0 Å². The quantitative estimate of drug-likeness (QED) is 0.701. The molecule has 0 saturated heterocycles. The van der Waals surface area contributed by atoms with Crippen molar-refractivity contribution in [3.05, 3.63) is 5.69 Å². The molecule has 0 saturated carbocycles. The molecule has 0 spiro atoms. The minimum Gasteiger partial charge on any atom is -0.381 e. The second-order valence-electron chi connectivity index (χ2n) is 2.49. The van der Waals surface area contributed by atoms with Crippen LogP contribution in [-0.2, 0) is 13.0 Å². The first-order valence-corrected chi connectivity index (χ1v) is 3.97. The number of nitrogens with zero attached hydrogens (tertiary/aromatic N) is 3. The summed E-state index contributed by atoms with van der Waals surface area (Å²) in [6, 6.07) is 0. The maximum Gasteiger partial charge on any atom is 0.169 e. The minimum atomic E-state index is 0.578. The summed E-state index contributed by atoms with van der Waals surface area (Å²) in [5, 5.41) is 7.69. The molecule has 0 aliphatic carbocycles. The van der Waals surface area contributed by atoms with Crippen molar-refractivity contribution in [2.24, 2.45) is 0 Å². The van der Waals surface area contributed by atoms with Crippen LogP contribution < -0.4 is 5.73 Å². The molecule has 1 aromatic rings. The standard InChI is InChI=1S/C7H14N4/c1-3-5-6-7(8)9-10-11(6)4-2/h3-5,8H2,1-2H3. The largest absolute Gasteiger partial charge is 0.381 e. The first-order valence-electron chi connectivity index (χ1n) is 3.97. The smallest absolute Gasteiger partial charge is 0.169 e. The summed E-state index contributed by atoms with van der Waals surface area (Å²) < 4.78 is 1.85. The third-order valence-corrected chi connectivity index (χ3v) is 1.65. The van der Waals surface area contributed by atoms with Gasteiger partial charge in [-0.1, -0.05) is 18.6 Å². The average molecular weight is 154 g/mol. The van der Waals surface area contributed by atoms with Crippen molar-refractivity contribution in [3.63, 3.8) is 0 Å². The second-order valence-corrected chi connectivity index (χ2v) is 2.49. The molecule has 0 fully saturated rings. The number of hydrogen-bond donors (Lipinski definition) is 1. The van der Waals surface area contributed by atoms with E-state index in [1.54, 1.807) is 0 Å². The molecule has 4 heteroatoms. The Bertz CT molecular complexity index is 228. The monoisotopic (exact) mass is 154 g/mol. The van der Waals surface area contributed by atoms with Gasteiger partial charge in [-0.2, -0.15) is 0 Å². The predicted molar refractivity (Wildman–Crippen MR) is 44.1 cm³/mol. The van der Waals surface area contributed by atoms with E-state index in [9.17, 15) is 0 Å². The zero-order valence-corrected chi connectivity index (χ0v) is 7.04. The Kier molecular flexibility index (Phi) is 2.46. The molecule has 0 aliphatic heterocycles. The van der Waals surface area contributed by atoms with Gasteiger partial charge in [0.25, 0.3) is 0 Å². The molecular weight excluding hydrogens is 140 g/mol. The lowest BCUT2D eigenvalue weighted by atomic mass is 10.2. The number of nitrogens with two attached hydrogens (primary N) is 1. The Morgan fingerprint density at radius 1 is 1.45 bits per heavy atom. The van der Waals surface area contributed by atoms with Gasteiger partial charge >= 0.3 is 0 Å². The molecule has 1 heterocycles. The maximum atomic E-state index is 5.61. The van der Waals surface area contributed by atoms with Crippen LogP contribution in [0.2, 0.25) is 0 Å². The fourth-order valence-corrected chi connectivity index (χ4v) is 1.09. The van der Waals surface area contributed by atoms with Gasteiger partial charge in [0.1, 0.15) is 0 Å². The van der Waals surface area contributed by atoms with Crippen LogP contribution in [-0.4, -0.2) is 15.0 Å². The Morgan fingerprint density at radius 2 is 2.18 bits per heavy atom. The summed E-state index contributed by atoms with van der Waals surface area (Å²) in [5.74, 6) is 0.578. The Labute approximate surface area is 66.4 Å². The van der Waals surface area contributed by atoms with Crippen LogP contribution in [0.4, 0.5) is 5.82 Å². The van der Waals surface area contributed by atoms with Crippen molar-refractivity contribution in [2.75, 3.05) is 5.73 Å². The zero-order valence-electron chi connectivity index (χ0n) is 7.04. The summed E-state index contributed by atoms with van der Waals surface area (Å²) in [6.07, 6.45) is 2.05. The van der Waals surface area contributed by atoms with Gasteiger partial charge in [0.15, 0.2) is 5.82 Å². The lowest BCUT2D eigenvalue weighted by Gasteiger charge is -2.00. The van der Waals surface area contributed by atoms with E-state index in [0.29, 0.717) is 5.82 Å². The molecule has 0 aliphatic rings. The van der Waals surface area contributed by atoms with E-state index in [0.717, 1.165) is 25.1 Å². The highest BCUT2D eigenvalue weighted by atomic mass is 15.4. The number of rotatable bonds is 3. The van der Waals surface area contributed by atoms with Crippen LogP contribution in [0.1, 0.15) is 26.0 Å². The number of aromatic nitrogens is 3. The summed E-state index contributed by atoms with van der Waals surface area (Å²) >= 11 is 0. The molecule has 0 amide bonds. The molecule has 0 atom stereocenters. The van der Waals surface area contributed by atoms with Gasteiger partial charge in [-0.05, 0) is 13.3 Å². The Balaban J connectivity index is 2.88. The molecule has 0 aromatic carbocycles. The molecule has 1 rings (SSSR count). The summed E-state index contributed by atoms with van der Waals surface area (Å²) in [5.41, 5.74) is 6.67. The van der Waals surface area contributed by atoms with E-state index >= 15 is 0 Å². The minimum absolute atomic E-state index is 0.578. The van der Waals surface area contributed by atoms with E-state index in [-0.39, 0.29) is 0 Å². The van der Waals surface area contributed by atoms with Crippen molar-refractivity contribution in [2.45, 2.75) is 33.2 Å². The highest BCUT2D eigenvalue weighted by Crippen LogP contribution is 2.08. The van der Waals surface area contributed by atoms with E-state index in [4.69, 9.17) is 5.73 Å². The van der Waals surface area contributed by atoms with Crippen LogP contribution in [0.5, 0.6) is 0 Å². The SMILES string of the molecule is CCCc1c(N)nnn1CC. The molecule has 62 valence electrons. The third kappa shape index (κ3) is 1.50. The van der Waals surface area contributed by atoms with Crippen molar-refractivity contribution in [3.8, 4) is 0 Å². The maximum absolute atomic E-state index is 5.61. The molecule has 0 radical (unpaired) electrons. The van der Waals surface area contributed by atoms with Crippen LogP contribution in [0.3, 0.4) is 0 Å². The summed E-state index contributed by atoms with van der Waals surface area (Å²) in [4.78, 5) is 0. The van der Waals surface area contributed by atoms with Gasteiger partial charge < -0.3 is 5.73 Å². The van der Waals surface area contributed by atoms with Crippen molar-refractivity contribution in [1.82, 2.24) is 15.0 Å². The molecular formula is C7H14N4. The van der Waals surface area contributed by atoms with Crippen molar-refractivity contribution in [1.29, 1.82) is 0 Å². The van der Waals surface area contributed by atoms with Crippen LogP contribution in [0.15, 0.2) is 0 Å². The lowest BCUT2D eigenvalue weighted by molar-refractivity contribution is 0.593.